The number of carbonyl (C=O) groups is 3. The van der Waals surface area contributed by atoms with E-state index < -0.39 is 0 Å². The minimum Gasteiger partial charge on any atom is -0.496 e. The Labute approximate surface area is 158 Å². The minimum absolute atomic E-state index is 0.0552. The molecule has 1 aliphatic carbocycles. The van der Waals surface area contributed by atoms with E-state index in [0.29, 0.717) is 24.3 Å². The van der Waals surface area contributed by atoms with Crippen molar-refractivity contribution in [2.75, 3.05) is 13.7 Å². The van der Waals surface area contributed by atoms with E-state index in [9.17, 15) is 14.4 Å². The van der Waals surface area contributed by atoms with Crippen LogP contribution in [0.25, 0.3) is 0 Å². The van der Waals surface area contributed by atoms with Crippen LogP contribution in [-0.2, 0) is 9.59 Å². The maximum atomic E-state index is 12.6. The zero-order valence-corrected chi connectivity index (χ0v) is 15.3. The van der Waals surface area contributed by atoms with E-state index in [1.165, 1.54) is 7.11 Å². The molecule has 0 heterocycles. The second-order valence-corrected chi connectivity index (χ2v) is 6.78. The first-order chi connectivity index (χ1) is 13.1. The summed E-state index contributed by atoms with van der Waals surface area (Å²) in [5, 5.41) is 2.92. The first kappa shape index (κ1) is 18.8. The monoisotopic (exact) mass is 365 g/mol. The zero-order valence-electron chi connectivity index (χ0n) is 15.3. The summed E-state index contributed by atoms with van der Waals surface area (Å²) in [6.45, 7) is 0.329. The Morgan fingerprint density at radius 2 is 1.74 bits per heavy atom. The zero-order chi connectivity index (χ0) is 19.2. The van der Waals surface area contributed by atoms with Gasteiger partial charge in [-0.2, -0.15) is 0 Å². The quantitative estimate of drug-likeness (QED) is 0.653. The molecule has 0 aliphatic heterocycles. The van der Waals surface area contributed by atoms with Crippen LogP contribution < -0.4 is 10.1 Å². The van der Waals surface area contributed by atoms with Gasteiger partial charge in [0.25, 0.3) is 5.91 Å². The third kappa shape index (κ3) is 4.42. The van der Waals surface area contributed by atoms with Gasteiger partial charge < -0.3 is 10.1 Å². The molecule has 2 atom stereocenters. The number of hydrogen-bond donors (Lipinski definition) is 1. The first-order valence-electron chi connectivity index (χ1n) is 9.12. The second kappa shape index (κ2) is 8.62. The molecule has 1 fully saturated rings. The lowest BCUT2D eigenvalue weighted by Crippen LogP contribution is -2.33. The minimum atomic E-state index is -0.343. The van der Waals surface area contributed by atoms with E-state index in [1.807, 2.05) is 30.3 Å². The number of nitrogens with one attached hydrogen (secondary N) is 1. The van der Waals surface area contributed by atoms with Crippen molar-refractivity contribution in [1.29, 1.82) is 0 Å². The fourth-order valence-electron chi connectivity index (χ4n) is 3.66. The van der Waals surface area contributed by atoms with Gasteiger partial charge >= 0.3 is 0 Å². The summed E-state index contributed by atoms with van der Waals surface area (Å²) < 4.78 is 5.24. The summed E-state index contributed by atoms with van der Waals surface area (Å²) in [6, 6.07) is 16.9. The van der Waals surface area contributed by atoms with E-state index in [0.717, 1.165) is 5.56 Å². The van der Waals surface area contributed by atoms with Gasteiger partial charge in [-0.05, 0) is 36.0 Å². The molecule has 2 aromatic carbocycles. The van der Waals surface area contributed by atoms with Gasteiger partial charge in [0.1, 0.15) is 5.75 Å². The molecule has 1 saturated carbocycles. The second-order valence-electron chi connectivity index (χ2n) is 6.78. The van der Waals surface area contributed by atoms with Gasteiger partial charge in [-0.1, -0.05) is 42.5 Å². The van der Waals surface area contributed by atoms with Crippen molar-refractivity contribution in [3.63, 3.8) is 0 Å². The number of carbonyl (C=O) groups excluding carboxylic acids is 3. The smallest absolute Gasteiger partial charge is 0.255 e. The van der Waals surface area contributed by atoms with Crippen LogP contribution >= 0.6 is 0 Å². The highest BCUT2D eigenvalue weighted by atomic mass is 16.5. The molecule has 1 N–H and O–H groups in total. The molecule has 2 aromatic rings. The number of benzene rings is 2. The average molecular weight is 365 g/mol. The first-order valence-corrected chi connectivity index (χ1v) is 9.12. The maximum Gasteiger partial charge on any atom is 0.255 e. The van der Waals surface area contributed by atoms with Gasteiger partial charge in [0, 0.05) is 19.4 Å². The highest BCUT2D eigenvalue weighted by molar-refractivity contribution is 6.37. The molecule has 27 heavy (non-hydrogen) atoms. The lowest BCUT2D eigenvalue weighted by Gasteiger charge is -2.25. The Balaban J connectivity index is 1.77. The lowest BCUT2D eigenvalue weighted by molar-refractivity contribution is -0.136. The highest BCUT2D eigenvalue weighted by Gasteiger charge is 2.32. The molecular weight excluding hydrogens is 342 g/mol. The van der Waals surface area contributed by atoms with E-state index in [1.54, 1.807) is 24.3 Å². The van der Waals surface area contributed by atoms with E-state index in [4.69, 9.17) is 4.74 Å². The molecule has 0 aromatic heterocycles. The third-order valence-corrected chi connectivity index (χ3v) is 5.11. The molecule has 1 amide bonds. The van der Waals surface area contributed by atoms with Crippen LogP contribution in [0.2, 0.25) is 0 Å². The Kier molecular flexibility index (Phi) is 6.01. The number of amides is 1. The molecule has 0 radical (unpaired) electrons. The molecular formula is C22H23NO4. The van der Waals surface area contributed by atoms with Crippen LogP contribution in [0.15, 0.2) is 54.6 Å². The summed E-state index contributed by atoms with van der Waals surface area (Å²) in [6.07, 6.45) is 1.03. The van der Waals surface area contributed by atoms with Crippen LogP contribution in [0.4, 0.5) is 0 Å². The number of rotatable bonds is 5. The number of Topliss-reactive ketones (excluding diaryl/α,β-unsaturated/α-hetero) is 2. The molecule has 5 nitrogen and oxygen atoms in total. The Bertz CT molecular complexity index is 831. The summed E-state index contributed by atoms with van der Waals surface area (Å²) >= 11 is 0. The third-order valence-electron chi connectivity index (χ3n) is 5.11. The molecule has 0 bridgehead atoms. The number of methoxy groups -OCH3 is 1. The number of para-hydroxylation sites is 1. The van der Waals surface area contributed by atoms with Gasteiger partial charge in [-0.25, -0.2) is 0 Å². The normalized spacial score (nSPS) is 20.0. The summed E-state index contributed by atoms with van der Waals surface area (Å²) in [7, 11) is 1.52. The molecule has 1 aliphatic rings. The Morgan fingerprint density at radius 1 is 1.04 bits per heavy atom. The number of ether oxygens (including phenoxy) is 1. The lowest BCUT2D eigenvalue weighted by atomic mass is 9.82. The molecule has 2 unspecified atom stereocenters. The predicted octanol–water partition coefficient (Wildman–Crippen LogP) is 3.15. The van der Waals surface area contributed by atoms with Gasteiger partial charge in [-0.15, -0.1) is 0 Å². The van der Waals surface area contributed by atoms with Crippen molar-refractivity contribution in [3.05, 3.63) is 65.7 Å². The Morgan fingerprint density at radius 3 is 2.48 bits per heavy atom. The summed E-state index contributed by atoms with van der Waals surface area (Å²) in [5.41, 5.74) is 1.55. The van der Waals surface area contributed by atoms with Crippen LogP contribution in [0.1, 0.15) is 41.1 Å². The van der Waals surface area contributed by atoms with E-state index in [-0.39, 0.29) is 42.2 Å². The summed E-state index contributed by atoms with van der Waals surface area (Å²) in [5.74, 6) is -0.465. The predicted molar refractivity (Wildman–Crippen MR) is 102 cm³/mol. The van der Waals surface area contributed by atoms with Gasteiger partial charge in [-0.3, -0.25) is 14.4 Å². The largest absolute Gasteiger partial charge is 0.496 e. The fraction of sp³-hybridized carbons (Fsp3) is 0.318. The van der Waals surface area contributed by atoms with Crippen LogP contribution in [0, 0.1) is 5.92 Å². The van der Waals surface area contributed by atoms with Crippen molar-refractivity contribution in [1.82, 2.24) is 5.32 Å². The van der Waals surface area contributed by atoms with Gasteiger partial charge in [0.2, 0.25) is 0 Å². The van der Waals surface area contributed by atoms with Crippen molar-refractivity contribution >= 4 is 17.5 Å². The van der Waals surface area contributed by atoms with Crippen molar-refractivity contribution in [2.24, 2.45) is 5.92 Å². The van der Waals surface area contributed by atoms with E-state index >= 15 is 0 Å². The highest BCUT2D eigenvalue weighted by Crippen LogP contribution is 2.34. The fourth-order valence-corrected chi connectivity index (χ4v) is 3.66. The van der Waals surface area contributed by atoms with Gasteiger partial charge in [0.15, 0.2) is 11.6 Å². The van der Waals surface area contributed by atoms with Crippen LogP contribution in [0.3, 0.4) is 0 Å². The van der Waals surface area contributed by atoms with Crippen molar-refractivity contribution in [2.45, 2.75) is 25.2 Å². The SMILES string of the molecule is COc1ccccc1C(=O)NCC1CC(=O)C(=O)CCC1c1ccccc1. The summed E-state index contributed by atoms with van der Waals surface area (Å²) in [4.78, 5) is 36.7. The molecule has 3 rings (SSSR count). The van der Waals surface area contributed by atoms with Crippen molar-refractivity contribution < 1.29 is 19.1 Å². The average Bonchev–Trinajstić information content (AvgIpc) is 2.85. The van der Waals surface area contributed by atoms with Crippen molar-refractivity contribution in [3.8, 4) is 5.75 Å². The standard InChI is InChI=1S/C22H23NO4/c1-27-21-10-6-5-9-18(21)22(26)23-14-16-13-20(25)19(24)12-11-17(16)15-7-3-2-4-8-15/h2-10,16-17H,11-14H2,1H3,(H,23,26). The van der Waals surface area contributed by atoms with E-state index in [2.05, 4.69) is 5.32 Å². The Hall–Kier alpha value is -2.95. The maximum absolute atomic E-state index is 12.6. The number of ketones is 2. The molecule has 0 saturated heterocycles. The van der Waals surface area contributed by atoms with Crippen LogP contribution in [-0.4, -0.2) is 31.1 Å². The molecule has 5 heteroatoms. The van der Waals surface area contributed by atoms with Crippen LogP contribution in [0.5, 0.6) is 5.75 Å². The molecule has 140 valence electrons. The molecule has 0 spiro atoms. The number of hydrogen-bond acceptors (Lipinski definition) is 4. The topological polar surface area (TPSA) is 72.5 Å². The van der Waals surface area contributed by atoms with Gasteiger partial charge in [0.05, 0.1) is 12.7 Å².